The Kier molecular flexibility index (Phi) is 3.36. The van der Waals surface area contributed by atoms with Crippen LogP contribution in [0.4, 0.5) is 0 Å². The minimum absolute atomic E-state index is 0.786. The predicted molar refractivity (Wildman–Crippen MR) is 47.8 cm³/mol. The van der Waals surface area contributed by atoms with Crippen molar-refractivity contribution < 1.29 is 0 Å². The molecule has 0 bridgehead atoms. The van der Waals surface area contributed by atoms with Gasteiger partial charge in [-0.05, 0) is 32.9 Å². The zero-order valence-electron chi connectivity index (χ0n) is 7.21. The summed E-state index contributed by atoms with van der Waals surface area (Å²) in [7, 11) is 0. The van der Waals surface area contributed by atoms with Gasteiger partial charge in [-0.25, -0.2) is 0 Å². The molecule has 0 aromatic rings. The molecule has 3 heteroatoms. The molecule has 0 atom stereocenters. The summed E-state index contributed by atoms with van der Waals surface area (Å²) >= 11 is 0. The van der Waals surface area contributed by atoms with Gasteiger partial charge < -0.3 is 5.73 Å². The average Bonchev–Trinajstić information content (AvgIpc) is 2.40. The van der Waals surface area contributed by atoms with Gasteiger partial charge in [0.1, 0.15) is 5.84 Å². The Bertz CT molecular complexity index is 136. The molecule has 1 saturated heterocycles. The van der Waals surface area contributed by atoms with Crippen LogP contribution in [0.25, 0.3) is 0 Å². The minimum atomic E-state index is 0.786. The molecule has 0 spiro atoms. The first-order valence-electron chi connectivity index (χ1n) is 4.34. The summed E-state index contributed by atoms with van der Waals surface area (Å²) in [5.74, 6) is 0.786. The van der Waals surface area contributed by atoms with E-state index in [1.54, 1.807) is 0 Å². The molecule has 11 heavy (non-hydrogen) atoms. The van der Waals surface area contributed by atoms with Gasteiger partial charge in [0.2, 0.25) is 0 Å². The molecule has 0 radical (unpaired) electrons. The third-order valence-corrected chi connectivity index (χ3v) is 1.95. The van der Waals surface area contributed by atoms with Crippen LogP contribution < -0.4 is 5.73 Å². The van der Waals surface area contributed by atoms with Gasteiger partial charge in [-0.3, -0.25) is 9.89 Å². The van der Waals surface area contributed by atoms with E-state index in [4.69, 9.17) is 5.73 Å². The van der Waals surface area contributed by atoms with Gasteiger partial charge in [0.25, 0.3) is 0 Å². The third kappa shape index (κ3) is 2.89. The summed E-state index contributed by atoms with van der Waals surface area (Å²) in [6, 6.07) is 0. The summed E-state index contributed by atoms with van der Waals surface area (Å²) in [6.07, 6.45) is 2.64. The summed E-state index contributed by atoms with van der Waals surface area (Å²) in [5.41, 5.74) is 5.67. The number of hydrogen-bond donors (Lipinski definition) is 1. The highest BCUT2D eigenvalue weighted by Gasteiger charge is 2.11. The van der Waals surface area contributed by atoms with Crippen LogP contribution in [-0.2, 0) is 0 Å². The molecule has 3 nitrogen and oxygen atoms in total. The van der Waals surface area contributed by atoms with Crippen molar-refractivity contribution in [2.75, 3.05) is 26.2 Å². The van der Waals surface area contributed by atoms with E-state index in [0.717, 1.165) is 18.9 Å². The van der Waals surface area contributed by atoms with Gasteiger partial charge >= 0.3 is 0 Å². The summed E-state index contributed by atoms with van der Waals surface area (Å²) < 4.78 is 0. The first-order valence-corrected chi connectivity index (χ1v) is 4.34. The fraction of sp³-hybridized carbons (Fsp3) is 0.875. The topological polar surface area (TPSA) is 41.6 Å². The lowest BCUT2D eigenvalue weighted by Crippen LogP contribution is -2.31. The smallest absolute Gasteiger partial charge is 0.108 e. The number of rotatable bonds is 3. The lowest BCUT2D eigenvalue weighted by atomic mass is 10.4. The second kappa shape index (κ2) is 4.34. The van der Waals surface area contributed by atoms with Crippen molar-refractivity contribution in [3.63, 3.8) is 0 Å². The second-order valence-corrected chi connectivity index (χ2v) is 2.95. The zero-order chi connectivity index (χ0) is 8.10. The molecule has 1 aliphatic rings. The first kappa shape index (κ1) is 8.53. The Morgan fingerprint density at radius 2 is 2.09 bits per heavy atom. The number of nitrogens with zero attached hydrogens (tertiary/aromatic N) is 2. The summed E-state index contributed by atoms with van der Waals surface area (Å²) in [6.45, 7) is 6.07. The van der Waals surface area contributed by atoms with Crippen molar-refractivity contribution in [2.24, 2.45) is 10.7 Å². The molecule has 2 N–H and O–H groups in total. The fourth-order valence-electron chi connectivity index (χ4n) is 1.42. The van der Waals surface area contributed by atoms with Crippen LogP contribution in [0.1, 0.15) is 19.8 Å². The first-order chi connectivity index (χ1) is 5.33. The molecular formula is C8H17N3. The van der Waals surface area contributed by atoms with Crippen molar-refractivity contribution in [1.82, 2.24) is 4.90 Å². The molecule has 0 aliphatic carbocycles. The minimum Gasteiger partial charge on any atom is -0.386 e. The van der Waals surface area contributed by atoms with E-state index in [1.807, 2.05) is 6.92 Å². The van der Waals surface area contributed by atoms with Crippen molar-refractivity contribution in [1.29, 1.82) is 0 Å². The molecule has 1 rings (SSSR count). The molecule has 0 aromatic heterocycles. The van der Waals surface area contributed by atoms with E-state index >= 15 is 0 Å². The Hall–Kier alpha value is -0.570. The lowest BCUT2D eigenvalue weighted by Gasteiger charge is -2.13. The van der Waals surface area contributed by atoms with Gasteiger partial charge in [-0.2, -0.15) is 0 Å². The Labute approximate surface area is 68.3 Å². The van der Waals surface area contributed by atoms with Crippen LogP contribution in [0.15, 0.2) is 4.99 Å². The lowest BCUT2D eigenvalue weighted by molar-refractivity contribution is 0.387. The number of likely N-dealkylation sites (tertiary alicyclic amines) is 1. The van der Waals surface area contributed by atoms with Crippen LogP contribution in [0, 0.1) is 0 Å². The maximum atomic E-state index is 5.67. The largest absolute Gasteiger partial charge is 0.386 e. The Balaban J connectivity index is 2.23. The van der Waals surface area contributed by atoms with Gasteiger partial charge in [0.15, 0.2) is 0 Å². The number of nitrogens with two attached hydrogens (primary N) is 1. The van der Waals surface area contributed by atoms with Crippen molar-refractivity contribution in [3.8, 4) is 0 Å². The fourth-order valence-corrected chi connectivity index (χ4v) is 1.42. The maximum absolute atomic E-state index is 5.67. The SMILES string of the molecule is CCN=C(N)CN1CCCC1. The monoisotopic (exact) mass is 155 g/mol. The normalized spacial score (nSPS) is 21.0. The average molecular weight is 155 g/mol. The van der Waals surface area contributed by atoms with E-state index in [2.05, 4.69) is 9.89 Å². The molecule has 0 saturated carbocycles. The molecule has 64 valence electrons. The quantitative estimate of drug-likeness (QED) is 0.475. The van der Waals surface area contributed by atoms with Crippen molar-refractivity contribution >= 4 is 5.84 Å². The van der Waals surface area contributed by atoms with Crippen LogP contribution >= 0.6 is 0 Å². The molecular weight excluding hydrogens is 138 g/mol. The van der Waals surface area contributed by atoms with E-state index < -0.39 is 0 Å². The Morgan fingerprint density at radius 3 is 2.64 bits per heavy atom. The molecule has 0 amide bonds. The van der Waals surface area contributed by atoms with Crippen LogP contribution in [0.3, 0.4) is 0 Å². The standard InChI is InChI=1S/C8H17N3/c1-2-10-8(9)7-11-5-3-4-6-11/h2-7H2,1H3,(H2,9,10). The highest BCUT2D eigenvalue weighted by atomic mass is 15.2. The summed E-state index contributed by atoms with van der Waals surface area (Å²) in [5, 5.41) is 0. The highest BCUT2D eigenvalue weighted by Crippen LogP contribution is 2.05. The van der Waals surface area contributed by atoms with Gasteiger partial charge in [0.05, 0.1) is 6.54 Å². The van der Waals surface area contributed by atoms with Crippen LogP contribution in [-0.4, -0.2) is 36.9 Å². The van der Waals surface area contributed by atoms with Crippen LogP contribution in [0.2, 0.25) is 0 Å². The Morgan fingerprint density at radius 1 is 1.45 bits per heavy atom. The highest BCUT2D eigenvalue weighted by molar-refractivity contribution is 5.82. The van der Waals surface area contributed by atoms with Crippen molar-refractivity contribution in [2.45, 2.75) is 19.8 Å². The number of hydrogen-bond acceptors (Lipinski definition) is 2. The van der Waals surface area contributed by atoms with Gasteiger partial charge in [-0.1, -0.05) is 0 Å². The van der Waals surface area contributed by atoms with Crippen LogP contribution in [0.5, 0.6) is 0 Å². The predicted octanol–water partition coefficient (Wildman–Crippen LogP) is 0.459. The van der Waals surface area contributed by atoms with E-state index in [1.165, 1.54) is 25.9 Å². The molecule has 1 aliphatic heterocycles. The molecule has 1 fully saturated rings. The number of amidine groups is 1. The van der Waals surface area contributed by atoms with E-state index in [9.17, 15) is 0 Å². The third-order valence-electron chi connectivity index (χ3n) is 1.95. The zero-order valence-corrected chi connectivity index (χ0v) is 7.21. The van der Waals surface area contributed by atoms with Gasteiger partial charge in [0, 0.05) is 6.54 Å². The molecule has 0 aromatic carbocycles. The van der Waals surface area contributed by atoms with Gasteiger partial charge in [-0.15, -0.1) is 0 Å². The molecule has 1 heterocycles. The van der Waals surface area contributed by atoms with E-state index in [0.29, 0.717) is 0 Å². The summed E-state index contributed by atoms with van der Waals surface area (Å²) in [4.78, 5) is 6.50. The number of aliphatic imine (C=N–C) groups is 1. The van der Waals surface area contributed by atoms with E-state index in [-0.39, 0.29) is 0 Å². The maximum Gasteiger partial charge on any atom is 0.108 e. The van der Waals surface area contributed by atoms with Crippen molar-refractivity contribution in [3.05, 3.63) is 0 Å². The molecule has 0 unspecified atom stereocenters. The second-order valence-electron chi connectivity index (χ2n) is 2.95.